The average Bonchev–Trinajstić information content (AvgIpc) is 3.36. The number of benzene rings is 1. The molecule has 1 aliphatic carbocycles. The molecule has 1 aliphatic rings. The van der Waals surface area contributed by atoms with Crippen molar-refractivity contribution in [3.05, 3.63) is 58.7 Å². The molecular formula is C19H20N6O3. The van der Waals surface area contributed by atoms with Crippen molar-refractivity contribution in [1.29, 1.82) is 0 Å². The molecule has 1 amide bonds. The fraction of sp³-hybridized carbons (Fsp3) is 0.316. The molecule has 0 radical (unpaired) electrons. The average molecular weight is 380 g/mol. The van der Waals surface area contributed by atoms with E-state index in [1.165, 1.54) is 16.4 Å². The van der Waals surface area contributed by atoms with Crippen molar-refractivity contribution < 1.29 is 14.7 Å². The van der Waals surface area contributed by atoms with Crippen LogP contribution in [-0.2, 0) is 30.7 Å². The first-order chi connectivity index (χ1) is 13.5. The molecule has 0 atom stereocenters. The number of carbonyl (C=O) groups is 2. The van der Waals surface area contributed by atoms with Gasteiger partial charge in [0, 0.05) is 11.3 Å². The summed E-state index contributed by atoms with van der Waals surface area (Å²) in [4.78, 5) is 23.4. The number of carboxylic acid groups (broad SMARTS) is 1. The number of aliphatic carboxylic acids is 1. The Morgan fingerprint density at radius 1 is 1.21 bits per heavy atom. The zero-order valence-corrected chi connectivity index (χ0v) is 15.4. The SMILES string of the molecule is Cc1ccc(-n2nc(C(=O)NCc3cn(CC(=O)O)nn3)c3c2CCC3)cc1. The third kappa shape index (κ3) is 3.51. The molecule has 4 rings (SSSR count). The first-order valence-electron chi connectivity index (χ1n) is 9.08. The molecule has 144 valence electrons. The van der Waals surface area contributed by atoms with Gasteiger partial charge in [0.25, 0.3) is 5.91 Å². The second kappa shape index (κ2) is 7.26. The Balaban J connectivity index is 1.52. The van der Waals surface area contributed by atoms with Crippen molar-refractivity contribution in [2.45, 2.75) is 39.3 Å². The number of nitrogens with one attached hydrogen (secondary N) is 1. The van der Waals surface area contributed by atoms with Crippen LogP contribution >= 0.6 is 0 Å². The molecule has 0 fully saturated rings. The molecule has 2 N–H and O–H groups in total. The molecule has 0 spiro atoms. The first-order valence-corrected chi connectivity index (χ1v) is 9.08. The highest BCUT2D eigenvalue weighted by molar-refractivity contribution is 5.94. The van der Waals surface area contributed by atoms with E-state index in [4.69, 9.17) is 5.11 Å². The number of nitrogens with zero attached hydrogens (tertiary/aromatic N) is 5. The van der Waals surface area contributed by atoms with Crippen LogP contribution in [0, 0.1) is 6.92 Å². The van der Waals surface area contributed by atoms with Crippen molar-refractivity contribution in [3.63, 3.8) is 0 Å². The Labute approximate surface area is 161 Å². The van der Waals surface area contributed by atoms with E-state index in [-0.39, 0.29) is 19.0 Å². The van der Waals surface area contributed by atoms with Crippen molar-refractivity contribution >= 4 is 11.9 Å². The summed E-state index contributed by atoms with van der Waals surface area (Å²) in [6.45, 7) is 1.92. The maximum Gasteiger partial charge on any atom is 0.325 e. The highest BCUT2D eigenvalue weighted by atomic mass is 16.4. The van der Waals surface area contributed by atoms with E-state index in [1.807, 2.05) is 35.9 Å². The maximum absolute atomic E-state index is 12.7. The fourth-order valence-corrected chi connectivity index (χ4v) is 3.41. The van der Waals surface area contributed by atoms with Gasteiger partial charge in [0.05, 0.1) is 18.4 Å². The van der Waals surface area contributed by atoms with E-state index in [2.05, 4.69) is 20.7 Å². The number of rotatable bonds is 6. The third-order valence-corrected chi connectivity index (χ3v) is 4.74. The zero-order chi connectivity index (χ0) is 19.7. The van der Waals surface area contributed by atoms with Gasteiger partial charge in [0.2, 0.25) is 0 Å². The molecule has 28 heavy (non-hydrogen) atoms. The van der Waals surface area contributed by atoms with Gasteiger partial charge in [0.1, 0.15) is 12.2 Å². The first kappa shape index (κ1) is 17.9. The maximum atomic E-state index is 12.7. The molecule has 0 unspecified atom stereocenters. The highest BCUT2D eigenvalue weighted by Crippen LogP contribution is 2.28. The summed E-state index contributed by atoms with van der Waals surface area (Å²) in [5.74, 6) is -1.27. The van der Waals surface area contributed by atoms with Crippen LogP contribution in [0.4, 0.5) is 0 Å². The highest BCUT2D eigenvalue weighted by Gasteiger charge is 2.26. The lowest BCUT2D eigenvalue weighted by molar-refractivity contribution is -0.137. The normalized spacial score (nSPS) is 12.8. The Morgan fingerprint density at radius 3 is 2.75 bits per heavy atom. The van der Waals surface area contributed by atoms with E-state index in [1.54, 1.807) is 0 Å². The smallest absolute Gasteiger partial charge is 0.325 e. The third-order valence-electron chi connectivity index (χ3n) is 4.74. The van der Waals surface area contributed by atoms with Gasteiger partial charge in [-0.05, 0) is 38.3 Å². The zero-order valence-electron chi connectivity index (χ0n) is 15.4. The van der Waals surface area contributed by atoms with E-state index < -0.39 is 5.97 Å². The quantitative estimate of drug-likeness (QED) is 0.666. The number of fused-ring (bicyclic) bond motifs is 1. The summed E-state index contributed by atoms with van der Waals surface area (Å²) in [7, 11) is 0. The lowest BCUT2D eigenvalue weighted by atomic mass is 10.2. The number of carbonyl (C=O) groups excluding carboxylic acids is 1. The fourth-order valence-electron chi connectivity index (χ4n) is 3.41. The van der Waals surface area contributed by atoms with Gasteiger partial charge < -0.3 is 10.4 Å². The van der Waals surface area contributed by atoms with Crippen molar-refractivity contribution in [2.75, 3.05) is 0 Å². The Kier molecular flexibility index (Phi) is 4.64. The summed E-state index contributed by atoms with van der Waals surface area (Å²) >= 11 is 0. The predicted molar refractivity (Wildman–Crippen MR) is 99.2 cm³/mol. The number of amides is 1. The van der Waals surface area contributed by atoms with Crippen LogP contribution in [0.5, 0.6) is 0 Å². The van der Waals surface area contributed by atoms with Crippen LogP contribution in [0.3, 0.4) is 0 Å². The van der Waals surface area contributed by atoms with E-state index in [0.29, 0.717) is 11.4 Å². The Morgan fingerprint density at radius 2 is 2.00 bits per heavy atom. The molecule has 0 saturated carbocycles. The molecule has 3 aromatic rings. The van der Waals surface area contributed by atoms with Gasteiger partial charge in [-0.1, -0.05) is 22.9 Å². The number of carboxylic acids is 1. The summed E-state index contributed by atoms with van der Waals surface area (Å²) in [6.07, 6.45) is 4.23. The van der Waals surface area contributed by atoms with Crippen molar-refractivity contribution in [3.8, 4) is 5.69 Å². The second-order valence-corrected chi connectivity index (χ2v) is 6.86. The number of aromatic nitrogens is 5. The van der Waals surface area contributed by atoms with Gasteiger partial charge in [-0.25, -0.2) is 9.36 Å². The summed E-state index contributed by atoms with van der Waals surface area (Å²) in [5.41, 5.74) is 5.12. The van der Waals surface area contributed by atoms with E-state index in [9.17, 15) is 9.59 Å². The lowest BCUT2D eigenvalue weighted by Crippen LogP contribution is -2.24. The Hall–Kier alpha value is -3.49. The molecule has 2 aromatic heterocycles. The molecule has 9 nitrogen and oxygen atoms in total. The monoisotopic (exact) mass is 380 g/mol. The van der Waals surface area contributed by atoms with E-state index in [0.717, 1.165) is 36.2 Å². The molecule has 0 saturated heterocycles. The van der Waals surface area contributed by atoms with Gasteiger partial charge >= 0.3 is 5.97 Å². The number of hydrogen-bond donors (Lipinski definition) is 2. The van der Waals surface area contributed by atoms with Crippen LogP contribution in [0.15, 0.2) is 30.5 Å². The van der Waals surface area contributed by atoms with Crippen molar-refractivity contribution in [1.82, 2.24) is 30.1 Å². The minimum Gasteiger partial charge on any atom is -0.480 e. The standard InChI is InChI=1S/C19H20N6O3/c1-12-5-7-14(8-6-12)25-16-4-2-3-15(16)18(22-25)19(28)20-9-13-10-24(23-21-13)11-17(26)27/h5-8,10H,2-4,9,11H2,1H3,(H,20,28)(H,26,27). The van der Waals surface area contributed by atoms with Crippen LogP contribution in [0.2, 0.25) is 0 Å². The van der Waals surface area contributed by atoms with Gasteiger partial charge in [-0.2, -0.15) is 5.10 Å². The summed E-state index contributed by atoms with van der Waals surface area (Å²) < 4.78 is 3.08. The van der Waals surface area contributed by atoms with E-state index >= 15 is 0 Å². The largest absolute Gasteiger partial charge is 0.480 e. The lowest BCUT2D eigenvalue weighted by Gasteiger charge is -2.05. The van der Waals surface area contributed by atoms with Gasteiger partial charge in [0.15, 0.2) is 5.69 Å². The topological polar surface area (TPSA) is 115 Å². The summed E-state index contributed by atoms with van der Waals surface area (Å²) in [5, 5.41) is 23.8. The second-order valence-electron chi connectivity index (χ2n) is 6.86. The predicted octanol–water partition coefficient (Wildman–Crippen LogP) is 1.28. The van der Waals surface area contributed by atoms with Crippen molar-refractivity contribution in [2.24, 2.45) is 0 Å². The van der Waals surface area contributed by atoms with Crippen LogP contribution in [0.1, 0.15) is 39.4 Å². The van der Waals surface area contributed by atoms with Gasteiger partial charge in [-0.15, -0.1) is 5.10 Å². The molecule has 1 aromatic carbocycles. The molecular weight excluding hydrogens is 360 g/mol. The van der Waals surface area contributed by atoms with Crippen LogP contribution in [-0.4, -0.2) is 41.8 Å². The molecule has 9 heteroatoms. The van der Waals surface area contributed by atoms with Crippen LogP contribution < -0.4 is 5.32 Å². The molecule has 0 aliphatic heterocycles. The number of hydrogen-bond acceptors (Lipinski definition) is 5. The molecule has 0 bridgehead atoms. The van der Waals surface area contributed by atoms with Gasteiger partial charge in [-0.3, -0.25) is 9.59 Å². The summed E-state index contributed by atoms with van der Waals surface area (Å²) in [6, 6.07) is 8.06. The minimum atomic E-state index is -1.00. The number of aryl methyl sites for hydroxylation is 1. The minimum absolute atomic E-state index is 0.157. The van der Waals surface area contributed by atoms with Crippen LogP contribution in [0.25, 0.3) is 5.69 Å². The Bertz CT molecular complexity index is 1030. The molecule has 2 heterocycles.